The number of benzene rings is 2. The molecule has 0 saturated carbocycles. The summed E-state index contributed by atoms with van der Waals surface area (Å²) >= 11 is 1.25. The number of fused-ring (bicyclic) bond motifs is 1. The lowest BCUT2D eigenvalue weighted by Crippen LogP contribution is -2.39. The Morgan fingerprint density at radius 1 is 1.20 bits per heavy atom. The summed E-state index contributed by atoms with van der Waals surface area (Å²) in [6, 6.07) is 15.4. The predicted octanol–water partition coefficient (Wildman–Crippen LogP) is 2.89. The molecule has 9 heteroatoms. The van der Waals surface area contributed by atoms with Gasteiger partial charge < -0.3 is 9.84 Å². The van der Waals surface area contributed by atoms with Gasteiger partial charge in [0, 0.05) is 11.1 Å². The molecule has 0 bridgehead atoms. The first kappa shape index (κ1) is 22.5. The number of thiazole rings is 1. The Hall–Kier alpha value is -4.24. The minimum absolute atomic E-state index is 0.0907. The molecule has 2 aromatic heterocycles. The molecule has 0 saturated heterocycles. The summed E-state index contributed by atoms with van der Waals surface area (Å²) in [5, 5.41) is 17.0. The van der Waals surface area contributed by atoms with Gasteiger partial charge in [-0.1, -0.05) is 53.8 Å². The number of carbonyl (C=O) groups excluding carboxylic acids is 1. The Morgan fingerprint density at radius 2 is 1.94 bits per heavy atom. The Labute approximate surface area is 204 Å². The van der Waals surface area contributed by atoms with Crippen LogP contribution in [0.3, 0.4) is 0 Å². The van der Waals surface area contributed by atoms with E-state index in [0.29, 0.717) is 26.2 Å². The van der Waals surface area contributed by atoms with Gasteiger partial charge in [-0.15, -0.1) is 0 Å². The van der Waals surface area contributed by atoms with Gasteiger partial charge in [0.05, 0.1) is 40.3 Å². The third-order valence-corrected chi connectivity index (χ3v) is 6.73. The number of allylic oxidation sites excluding steroid dienone is 1. The Balaban J connectivity index is 1.70. The minimum atomic E-state index is -0.731. The summed E-state index contributed by atoms with van der Waals surface area (Å²) in [4.78, 5) is 31.7. The normalized spacial score (nSPS) is 15.6. The summed E-state index contributed by atoms with van der Waals surface area (Å²) in [6.45, 7) is 3.67. The van der Waals surface area contributed by atoms with Crippen LogP contribution in [0, 0.1) is 0 Å². The fourth-order valence-electron chi connectivity index (χ4n) is 4.15. The molecule has 2 aromatic carbocycles. The maximum Gasteiger partial charge on any atom is 0.338 e. The number of carbonyl (C=O) groups is 1. The van der Waals surface area contributed by atoms with Gasteiger partial charge in [-0.2, -0.15) is 5.10 Å². The van der Waals surface area contributed by atoms with Crippen molar-refractivity contribution in [1.29, 1.82) is 0 Å². The van der Waals surface area contributed by atoms with E-state index in [1.165, 1.54) is 28.0 Å². The molecule has 1 aliphatic heterocycles. The Morgan fingerprint density at radius 3 is 2.66 bits per heavy atom. The second kappa shape index (κ2) is 9.19. The summed E-state index contributed by atoms with van der Waals surface area (Å²) in [6.07, 6.45) is 3.46. The lowest BCUT2D eigenvalue weighted by Gasteiger charge is -2.24. The van der Waals surface area contributed by atoms with E-state index in [0.717, 1.165) is 16.8 Å². The van der Waals surface area contributed by atoms with Crippen LogP contribution < -0.4 is 14.9 Å². The number of hydrogen-bond donors (Lipinski definition) is 2. The van der Waals surface area contributed by atoms with Gasteiger partial charge in [-0.3, -0.25) is 14.5 Å². The molecule has 35 heavy (non-hydrogen) atoms. The minimum Gasteiger partial charge on any atom is -0.508 e. The molecule has 5 rings (SSSR count). The third kappa shape index (κ3) is 4.10. The number of phenols is 1. The average Bonchev–Trinajstić information content (AvgIpc) is 3.44. The van der Waals surface area contributed by atoms with Gasteiger partial charge in [-0.25, -0.2) is 9.79 Å². The Kier molecular flexibility index (Phi) is 5.92. The van der Waals surface area contributed by atoms with Crippen molar-refractivity contribution in [3.8, 4) is 17.0 Å². The third-order valence-electron chi connectivity index (χ3n) is 5.74. The molecule has 8 nitrogen and oxygen atoms in total. The molecule has 0 amide bonds. The zero-order chi connectivity index (χ0) is 24.5. The first-order valence-corrected chi connectivity index (χ1v) is 11.9. The summed E-state index contributed by atoms with van der Waals surface area (Å²) in [5.41, 5.74) is 3.69. The molecule has 3 heterocycles. The second-order valence-corrected chi connectivity index (χ2v) is 8.97. The monoisotopic (exact) mass is 486 g/mol. The van der Waals surface area contributed by atoms with Crippen LogP contribution in [0.5, 0.6) is 5.75 Å². The summed E-state index contributed by atoms with van der Waals surface area (Å²) in [5.74, 6) is -0.435. The number of hydrogen-bond acceptors (Lipinski definition) is 7. The van der Waals surface area contributed by atoms with E-state index in [-0.39, 0.29) is 17.9 Å². The van der Waals surface area contributed by atoms with Gasteiger partial charge in [-0.05, 0) is 37.6 Å². The highest BCUT2D eigenvalue weighted by Gasteiger charge is 2.33. The zero-order valence-corrected chi connectivity index (χ0v) is 19.9. The highest BCUT2D eigenvalue weighted by atomic mass is 32.1. The molecule has 0 spiro atoms. The summed E-state index contributed by atoms with van der Waals surface area (Å²) < 4.78 is 7.28. The second-order valence-electron chi connectivity index (χ2n) is 7.96. The maximum absolute atomic E-state index is 13.7. The van der Waals surface area contributed by atoms with E-state index in [1.54, 1.807) is 38.3 Å². The van der Waals surface area contributed by atoms with Crippen LogP contribution in [-0.4, -0.2) is 32.4 Å². The van der Waals surface area contributed by atoms with Crippen molar-refractivity contribution < 1.29 is 14.6 Å². The van der Waals surface area contributed by atoms with Crippen LogP contribution >= 0.6 is 11.3 Å². The molecule has 1 atom stereocenters. The first-order chi connectivity index (χ1) is 17.0. The van der Waals surface area contributed by atoms with E-state index in [1.807, 2.05) is 30.3 Å². The van der Waals surface area contributed by atoms with Crippen molar-refractivity contribution in [2.45, 2.75) is 19.9 Å². The van der Waals surface area contributed by atoms with Crippen molar-refractivity contribution in [2.24, 2.45) is 4.99 Å². The first-order valence-electron chi connectivity index (χ1n) is 11.0. The zero-order valence-electron chi connectivity index (χ0n) is 19.1. The number of phenolic OH excluding ortho intramolecular Hbond substituents is 1. The van der Waals surface area contributed by atoms with Crippen molar-refractivity contribution in [1.82, 2.24) is 14.8 Å². The largest absolute Gasteiger partial charge is 0.508 e. The molecule has 0 radical (unpaired) electrons. The average molecular weight is 487 g/mol. The number of rotatable bonds is 5. The quantitative estimate of drug-likeness (QED) is 0.422. The number of aromatic nitrogens is 3. The van der Waals surface area contributed by atoms with Crippen LogP contribution in [0.15, 0.2) is 81.9 Å². The molecule has 0 unspecified atom stereocenters. The van der Waals surface area contributed by atoms with Crippen molar-refractivity contribution >= 4 is 23.4 Å². The molecule has 0 aliphatic carbocycles. The van der Waals surface area contributed by atoms with Crippen LogP contribution in [0.4, 0.5) is 0 Å². The number of nitrogens with zero attached hydrogens (tertiary/aromatic N) is 3. The molecular formula is C26H22N4O4S. The van der Waals surface area contributed by atoms with Crippen LogP contribution in [0.1, 0.15) is 31.0 Å². The van der Waals surface area contributed by atoms with Crippen molar-refractivity contribution in [3.05, 3.63) is 103 Å². The van der Waals surface area contributed by atoms with E-state index >= 15 is 0 Å². The smallest absolute Gasteiger partial charge is 0.338 e. The molecule has 1 aliphatic rings. The fraction of sp³-hybridized carbons (Fsp3) is 0.154. The number of ether oxygens (including phenoxy) is 1. The number of esters is 1. The lowest BCUT2D eigenvalue weighted by molar-refractivity contribution is -0.139. The van der Waals surface area contributed by atoms with Gasteiger partial charge in [0.15, 0.2) is 4.80 Å². The molecule has 4 aromatic rings. The molecule has 0 fully saturated rings. The van der Waals surface area contributed by atoms with Crippen molar-refractivity contribution in [2.75, 3.05) is 6.61 Å². The highest BCUT2D eigenvalue weighted by Crippen LogP contribution is 2.31. The molecule has 2 N–H and O–H groups in total. The SMILES string of the molecule is CCOC(=O)C1=C(C)N=c2s/c(=C/c3cn[nH]c3-c3ccccc3)c(=O)n2[C@@H]1c1ccc(O)cc1. The Bertz CT molecular complexity index is 1610. The van der Waals surface area contributed by atoms with E-state index < -0.39 is 12.0 Å². The lowest BCUT2D eigenvalue weighted by atomic mass is 9.96. The molecular weight excluding hydrogens is 464 g/mol. The highest BCUT2D eigenvalue weighted by molar-refractivity contribution is 7.07. The number of nitrogens with one attached hydrogen (secondary N) is 1. The van der Waals surface area contributed by atoms with Crippen molar-refractivity contribution in [3.63, 3.8) is 0 Å². The van der Waals surface area contributed by atoms with E-state index in [2.05, 4.69) is 15.2 Å². The number of aromatic hydroxyl groups is 1. The van der Waals surface area contributed by atoms with Gasteiger partial charge in [0.25, 0.3) is 5.56 Å². The summed E-state index contributed by atoms with van der Waals surface area (Å²) in [7, 11) is 0. The standard InChI is InChI=1S/C26H22N4O4S/c1-3-34-25(33)21-15(2)28-26-30(23(21)17-9-11-19(31)12-10-17)24(32)20(35-26)13-18-14-27-29-22(18)16-7-5-4-6-8-16/h4-14,23,31H,3H2,1-2H3,(H,27,29)/b20-13+/t23-/m1/s1. The van der Waals surface area contributed by atoms with Crippen LogP contribution in [0.25, 0.3) is 17.3 Å². The van der Waals surface area contributed by atoms with Crippen LogP contribution in [0.2, 0.25) is 0 Å². The van der Waals surface area contributed by atoms with Gasteiger partial charge in [0.1, 0.15) is 5.75 Å². The number of aromatic amines is 1. The number of H-pyrrole nitrogens is 1. The topological polar surface area (TPSA) is 110 Å². The van der Waals surface area contributed by atoms with Crippen LogP contribution in [-0.2, 0) is 9.53 Å². The van der Waals surface area contributed by atoms with Gasteiger partial charge in [0.2, 0.25) is 0 Å². The predicted molar refractivity (Wildman–Crippen MR) is 133 cm³/mol. The fourth-order valence-corrected chi connectivity index (χ4v) is 5.18. The maximum atomic E-state index is 13.7. The van der Waals surface area contributed by atoms with Gasteiger partial charge >= 0.3 is 5.97 Å². The molecule has 176 valence electrons. The van der Waals surface area contributed by atoms with E-state index in [9.17, 15) is 14.7 Å². The van der Waals surface area contributed by atoms with E-state index in [4.69, 9.17) is 4.74 Å².